The summed E-state index contributed by atoms with van der Waals surface area (Å²) in [6.45, 7) is 5.96. The largest absolute Gasteiger partial charge is 0.468 e. The number of nitrogens with one attached hydrogen (secondary N) is 1. The number of carbonyl (C=O) groups excluding carboxylic acids is 2. The molecule has 0 saturated carbocycles. The minimum atomic E-state index is -0.193. The second-order valence-electron chi connectivity index (χ2n) is 7.06. The Morgan fingerprint density at radius 1 is 1.21 bits per heavy atom. The van der Waals surface area contributed by atoms with Crippen LogP contribution >= 0.6 is 37.2 Å². The average Bonchev–Trinajstić information content (AvgIpc) is 2.99. The molecule has 0 amide bonds. The summed E-state index contributed by atoms with van der Waals surface area (Å²) >= 11 is 0. The van der Waals surface area contributed by atoms with E-state index in [0.717, 1.165) is 57.6 Å². The van der Waals surface area contributed by atoms with Gasteiger partial charge >= 0.3 is 5.97 Å². The maximum atomic E-state index is 11.5. The van der Waals surface area contributed by atoms with Crippen LogP contribution in [-0.4, -0.2) is 66.3 Å². The molecule has 2 fully saturated rings. The lowest BCUT2D eigenvalue weighted by atomic mass is 9.91. The van der Waals surface area contributed by atoms with Gasteiger partial charge in [0, 0.05) is 17.7 Å². The van der Waals surface area contributed by atoms with E-state index in [-0.39, 0.29) is 43.2 Å². The number of nitrogens with zero attached hydrogens (tertiary/aromatic N) is 4. The summed E-state index contributed by atoms with van der Waals surface area (Å²) in [6.07, 6.45) is 5.58. The first kappa shape index (κ1) is 27.8. The average molecular weight is 471 g/mol. The molecule has 0 bridgehead atoms. The molecule has 3 heterocycles. The predicted octanol–water partition coefficient (Wildman–Crippen LogP) is 2.70. The molecule has 1 N–H and O–H groups in total. The van der Waals surface area contributed by atoms with Crippen molar-refractivity contribution >= 4 is 55.2 Å². The van der Waals surface area contributed by atoms with E-state index >= 15 is 0 Å². The molecule has 3 rings (SSSR count). The highest BCUT2D eigenvalue weighted by Gasteiger charge is 2.30. The van der Waals surface area contributed by atoms with Crippen LogP contribution in [-0.2, 0) is 14.3 Å². The van der Waals surface area contributed by atoms with Crippen LogP contribution in [0.15, 0.2) is 4.99 Å². The first-order valence-corrected chi connectivity index (χ1v) is 9.30. The molecule has 1 aromatic rings. The van der Waals surface area contributed by atoms with Gasteiger partial charge in [0.25, 0.3) is 0 Å². The molecular formula is C18H30Cl3N5O3. The van der Waals surface area contributed by atoms with Gasteiger partial charge in [-0.1, -0.05) is 0 Å². The molecule has 8 nitrogen and oxygen atoms in total. The Hall–Kier alpha value is -1.15. The summed E-state index contributed by atoms with van der Waals surface area (Å²) in [4.78, 5) is 32.9. The monoisotopic (exact) mass is 469 g/mol. The van der Waals surface area contributed by atoms with Crippen LogP contribution < -0.4 is 5.32 Å². The molecule has 2 aliphatic heterocycles. The molecule has 2 aliphatic rings. The summed E-state index contributed by atoms with van der Waals surface area (Å²) in [5.41, 5.74) is 2.15. The molecule has 1 aromatic heterocycles. The van der Waals surface area contributed by atoms with Crippen LogP contribution in [0.5, 0.6) is 0 Å². The van der Waals surface area contributed by atoms with Gasteiger partial charge in [0.05, 0.1) is 19.3 Å². The van der Waals surface area contributed by atoms with Crippen LogP contribution in [0.25, 0.3) is 0 Å². The fourth-order valence-corrected chi connectivity index (χ4v) is 4.19. The molecule has 166 valence electrons. The van der Waals surface area contributed by atoms with Crippen molar-refractivity contribution in [1.82, 2.24) is 19.8 Å². The first-order chi connectivity index (χ1) is 12.6. The highest BCUT2D eigenvalue weighted by molar-refractivity contribution is 5.86. The van der Waals surface area contributed by atoms with Gasteiger partial charge in [-0.05, 0) is 58.8 Å². The molecular weight excluding hydrogens is 441 g/mol. The summed E-state index contributed by atoms with van der Waals surface area (Å²) in [5, 5.41) is 3.38. The summed E-state index contributed by atoms with van der Waals surface area (Å²) in [5.74, 6) is 0.653. The molecule has 0 aromatic carbocycles. The van der Waals surface area contributed by atoms with Crippen molar-refractivity contribution in [2.75, 3.05) is 39.8 Å². The standard InChI is InChI=1S/C18H27N5O3.3ClH/c1-13-17(14-5-9-22(10-6-14)11-16(25)26-2)23(18(21-13)20-12-24)15-3-7-19-8-4-15;;;/h14-15,19H,3-11H2,1-2H3;3*1H. The molecule has 0 unspecified atom stereocenters. The zero-order chi connectivity index (χ0) is 18.5. The van der Waals surface area contributed by atoms with E-state index in [2.05, 4.69) is 24.8 Å². The van der Waals surface area contributed by atoms with Gasteiger partial charge in [-0.15, -0.1) is 42.2 Å². The van der Waals surface area contributed by atoms with Crippen molar-refractivity contribution in [3.63, 3.8) is 0 Å². The van der Waals surface area contributed by atoms with E-state index in [1.165, 1.54) is 12.8 Å². The van der Waals surface area contributed by atoms with Gasteiger partial charge in [0.2, 0.25) is 12.0 Å². The first-order valence-electron chi connectivity index (χ1n) is 9.30. The van der Waals surface area contributed by atoms with Gasteiger partial charge in [0.1, 0.15) is 0 Å². The van der Waals surface area contributed by atoms with Gasteiger partial charge in [-0.2, -0.15) is 0 Å². The number of carbonyl (C=O) groups is 1. The van der Waals surface area contributed by atoms with Crippen molar-refractivity contribution < 1.29 is 14.3 Å². The molecule has 0 spiro atoms. The molecule has 2 saturated heterocycles. The third kappa shape index (κ3) is 6.67. The number of rotatable bonds is 5. The molecule has 0 atom stereocenters. The minimum absolute atomic E-state index is 0. The third-order valence-electron chi connectivity index (χ3n) is 5.49. The number of likely N-dealkylation sites (tertiary alicyclic amines) is 1. The van der Waals surface area contributed by atoms with Crippen LogP contribution in [0.1, 0.15) is 49.0 Å². The summed E-state index contributed by atoms with van der Waals surface area (Å²) < 4.78 is 6.94. The molecule has 29 heavy (non-hydrogen) atoms. The molecule has 0 radical (unpaired) electrons. The summed E-state index contributed by atoms with van der Waals surface area (Å²) in [7, 11) is 1.42. The lowest BCUT2D eigenvalue weighted by molar-refractivity contribution is -0.142. The number of hydrogen-bond acceptors (Lipinski definition) is 7. The van der Waals surface area contributed by atoms with Crippen molar-refractivity contribution in [3.8, 4) is 0 Å². The fraction of sp³-hybridized carbons (Fsp3) is 0.722. The van der Waals surface area contributed by atoms with E-state index in [1.807, 2.05) is 6.92 Å². The SMILES string of the molecule is COC(=O)CN1CCC(c2c(C)nc(N=C=O)n2C2CCNCC2)CC1.Cl.Cl.Cl. The number of hydrogen-bond donors (Lipinski definition) is 1. The van der Waals surface area contributed by atoms with Crippen LogP contribution in [0.2, 0.25) is 0 Å². The number of aliphatic imine (C=N–C) groups is 1. The maximum Gasteiger partial charge on any atom is 0.319 e. The molecule has 11 heteroatoms. The Kier molecular flexibility index (Phi) is 12.7. The number of methoxy groups -OCH3 is 1. The van der Waals surface area contributed by atoms with E-state index in [1.54, 1.807) is 6.08 Å². The van der Waals surface area contributed by atoms with E-state index < -0.39 is 0 Å². The predicted molar refractivity (Wildman–Crippen MR) is 118 cm³/mol. The smallest absolute Gasteiger partial charge is 0.319 e. The summed E-state index contributed by atoms with van der Waals surface area (Å²) in [6, 6.07) is 0.313. The topological polar surface area (TPSA) is 88.8 Å². The van der Waals surface area contributed by atoms with Gasteiger partial charge < -0.3 is 14.6 Å². The van der Waals surface area contributed by atoms with E-state index in [4.69, 9.17) is 4.74 Å². The Morgan fingerprint density at radius 3 is 2.38 bits per heavy atom. The van der Waals surface area contributed by atoms with Crippen molar-refractivity contribution in [2.45, 2.75) is 44.6 Å². The lowest BCUT2D eigenvalue weighted by Gasteiger charge is -2.34. The van der Waals surface area contributed by atoms with Gasteiger partial charge in [-0.3, -0.25) is 9.69 Å². The zero-order valence-electron chi connectivity index (χ0n) is 16.8. The minimum Gasteiger partial charge on any atom is -0.468 e. The fourth-order valence-electron chi connectivity index (χ4n) is 4.19. The van der Waals surface area contributed by atoms with Crippen molar-refractivity contribution in [1.29, 1.82) is 0 Å². The normalized spacial score (nSPS) is 17.9. The van der Waals surface area contributed by atoms with Crippen LogP contribution in [0.3, 0.4) is 0 Å². The van der Waals surface area contributed by atoms with Crippen molar-refractivity contribution in [3.05, 3.63) is 11.4 Å². The number of esters is 1. The second-order valence-corrected chi connectivity index (χ2v) is 7.06. The third-order valence-corrected chi connectivity index (χ3v) is 5.49. The Labute approximate surface area is 190 Å². The van der Waals surface area contributed by atoms with Crippen LogP contribution in [0, 0.1) is 6.92 Å². The number of imidazole rings is 1. The second kappa shape index (κ2) is 13.2. The Bertz CT molecular complexity index is 695. The van der Waals surface area contributed by atoms with Crippen LogP contribution in [0.4, 0.5) is 5.95 Å². The number of ether oxygens (including phenoxy) is 1. The highest BCUT2D eigenvalue weighted by atomic mass is 35.5. The number of aromatic nitrogens is 2. The zero-order valence-corrected chi connectivity index (χ0v) is 19.2. The van der Waals surface area contributed by atoms with Gasteiger partial charge in [-0.25, -0.2) is 9.78 Å². The Balaban J connectivity index is 0.00000261. The number of halogens is 3. The Morgan fingerprint density at radius 2 is 1.83 bits per heavy atom. The number of piperidine rings is 2. The van der Waals surface area contributed by atoms with E-state index in [0.29, 0.717) is 24.5 Å². The number of isocyanates is 1. The van der Waals surface area contributed by atoms with Crippen molar-refractivity contribution in [2.24, 2.45) is 4.99 Å². The lowest BCUT2D eigenvalue weighted by Crippen LogP contribution is -2.38. The quantitative estimate of drug-likeness (QED) is 0.404. The van der Waals surface area contributed by atoms with E-state index in [9.17, 15) is 9.59 Å². The molecule has 0 aliphatic carbocycles. The number of aryl methyl sites for hydroxylation is 1. The maximum absolute atomic E-state index is 11.5. The van der Waals surface area contributed by atoms with Gasteiger partial charge in [0.15, 0.2) is 0 Å². The highest BCUT2D eigenvalue weighted by Crippen LogP contribution is 2.37.